The molecule has 0 N–H and O–H groups in total. The van der Waals surface area contributed by atoms with Crippen LogP contribution in [0.5, 0.6) is 0 Å². The largest absolute Gasteiger partial charge is 0.294 e. The van der Waals surface area contributed by atoms with E-state index in [2.05, 4.69) is 12.6 Å². The molecule has 0 bridgehead atoms. The van der Waals surface area contributed by atoms with Crippen LogP contribution < -0.4 is 0 Å². The van der Waals surface area contributed by atoms with Crippen molar-refractivity contribution >= 4 is 24.5 Å². The van der Waals surface area contributed by atoms with Gasteiger partial charge >= 0.3 is 0 Å². The Hall–Kier alpha value is -1.09. The van der Waals surface area contributed by atoms with E-state index in [1.165, 1.54) is 13.0 Å². The highest BCUT2D eigenvalue weighted by atomic mass is 32.1. The highest BCUT2D eigenvalue weighted by Gasteiger charge is 2.06. The molecule has 0 unspecified atom stereocenters. The number of halogens is 1. The minimum atomic E-state index is -0.464. The van der Waals surface area contributed by atoms with Crippen molar-refractivity contribution in [1.82, 2.24) is 0 Å². The van der Waals surface area contributed by atoms with Crippen LogP contribution in [0.1, 0.15) is 29.3 Å². The fraction of sp³-hybridized carbons (Fsp3) is 0.250. The van der Waals surface area contributed by atoms with Crippen molar-refractivity contribution in [1.29, 1.82) is 0 Å². The Morgan fingerprint density at radius 2 is 2.27 bits per heavy atom. The lowest BCUT2D eigenvalue weighted by Crippen LogP contribution is -1.96. The van der Waals surface area contributed by atoms with E-state index in [1.807, 2.05) is 12.2 Å². The van der Waals surface area contributed by atoms with Crippen molar-refractivity contribution in [3.8, 4) is 0 Å². The summed E-state index contributed by atoms with van der Waals surface area (Å²) in [5.41, 5.74) is 0.978. The first kappa shape index (κ1) is 12.0. The zero-order valence-electron chi connectivity index (χ0n) is 8.53. The molecule has 0 saturated heterocycles. The van der Waals surface area contributed by atoms with Gasteiger partial charge in [-0.15, -0.1) is 0 Å². The molecule has 0 aliphatic carbocycles. The molecule has 1 nitrogen and oxygen atoms in total. The summed E-state index contributed by atoms with van der Waals surface area (Å²) >= 11 is 4.07. The Labute approximate surface area is 94.4 Å². The minimum Gasteiger partial charge on any atom is -0.294 e. The molecular formula is C12H13FOS. The maximum atomic E-state index is 13.2. The van der Waals surface area contributed by atoms with E-state index >= 15 is 0 Å². The molecule has 3 heteroatoms. The molecule has 1 aromatic rings. The van der Waals surface area contributed by atoms with Crippen LogP contribution in [-0.2, 0) is 0 Å². The van der Waals surface area contributed by atoms with Crippen LogP contribution in [0.4, 0.5) is 4.39 Å². The van der Waals surface area contributed by atoms with E-state index in [4.69, 9.17) is 0 Å². The Morgan fingerprint density at radius 1 is 1.53 bits per heavy atom. The standard InChI is InChI=1S/C12H13FOS/c1-9(14)11-8-10(4-2-3-7-15)5-6-12(11)13/h2,4-6,8,15H,3,7H2,1H3. The van der Waals surface area contributed by atoms with Gasteiger partial charge in [-0.2, -0.15) is 12.6 Å². The summed E-state index contributed by atoms with van der Waals surface area (Å²) < 4.78 is 13.2. The van der Waals surface area contributed by atoms with Crippen LogP contribution in [0.3, 0.4) is 0 Å². The van der Waals surface area contributed by atoms with Gasteiger partial charge in [-0.25, -0.2) is 4.39 Å². The second-order valence-electron chi connectivity index (χ2n) is 3.21. The van der Waals surface area contributed by atoms with Gasteiger partial charge in [0.05, 0.1) is 5.56 Å². The molecule has 0 heterocycles. The van der Waals surface area contributed by atoms with Crippen molar-refractivity contribution < 1.29 is 9.18 Å². The minimum absolute atomic E-state index is 0.142. The summed E-state index contributed by atoms with van der Waals surface area (Å²) in [6.07, 6.45) is 4.67. The fourth-order valence-electron chi connectivity index (χ4n) is 1.21. The Morgan fingerprint density at radius 3 is 2.87 bits per heavy atom. The highest BCUT2D eigenvalue weighted by molar-refractivity contribution is 7.80. The van der Waals surface area contributed by atoms with Gasteiger partial charge in [-0.05, 0) is 36.8 Å². The average Bonchev–Trinajstić information content (AvgIpc) is 2.20. The van der Waals surface area contributed by atoms with Crippen LogP contribution in [-0.4, -0.2) is 11.5 Å². The van der Waals surface area contributed by atoms with E-state index in [1.54, 1.807) is 12.1 Å². The third-order valence-corrected chi connectivity index (χ3v) is 2.23. The third-order valence-electron chi connectivity index (χ3n) is 1.98. The summed E-state index contributed by atoms with van der Waals surface area (Å²) in [6, 6.07) is 4.53. The number of carbonyl (C=O) groups is 1. The molecule has 80 valence electrons. The molecule has 0 saturated carbocycles. The summed E-state index contributed by atoms with van der Waals surface area (Å²) in [5, 5.41) is 0. The molecule has 0 aliphatic rings. The monoisotopic (exact) mass is 224 g/mol. The van der Waals surface area contributed by atoms with E-state index < -0.39 is 5.82 Å². The molecule has 0 spiro atoms. The lowest BCUT2D eigenvalue weighted by atomic mass is 10.1. The lowest BCUT2D eigenvalue weighted by Gasteiger charge is -2.00. The number of benzene rings is 1. The molecule has 0 aliphatic heterocycles. The molecule has 1 aromatic carbocycles. The van der Waals surface area contributed by atoms with Gasteiger partial charge in [-0.3, -0.25) is 4.79 Å². The molecule has 1 rings (SSSR count). The average molecular weight is 224 g/mol. The zero-order chi connectivity index (χ0) is 11.3. The Kier molecular flexibility index (Phi) is 4.56. The molecule has 0 amide bonds. The van der Waals surface area contributed by atoms with Crippen LogP contribution >= 0.6 is 12.6 Å². The van der Waals surface area contributed by atoms with Gasteiger partial charge in [0.2, 0.25) is 0 Å². The Balaban J connectivity index is 2.92. The number of Topliss-reactive ketones (excluding diaryl/α,β-unsaturated/α-hetero) is 1. The summed E-state index contributed by atoms with van der Waals surface area (Å²) in [5.74, 6) is 0.0582. The van der Waals surface area contributed by atoms with Crippen molar-refractivity contribution in [3.05, 3.63) is 41.2 Å². The molecule has 0 atom stereocenters. The van der Waals surface area contributed by atoms with Gasteiger partial charge in [0.25, 0.3) is 0 Å². The van der Waals surface area contributed by atoms with Gasteiger partial charge in [0, 0.05) is 0 Å². The predicted molar refractivity (Wildman–Crippen MR) is 63.9 cm³/mol. The second-order valence-corrected chi connectivity index (χ2v) is 3.66. The third kappa shape index (κ3) is 3.51. The van der Waals surface area contributed by atoms with Crippen LogP contribution in [0.2, 0.25) is 0 Å². The molecular weight excluding hydrogens is 211 g/mol. The van der Waals surface area contributed by atoms with Crippen molar-refractivity contribution in [3.63, 3.8) is 0 Å². The summed E-state index contributed by atoms with van der Waals surface area (Å²) in [6.45, 7) is 1.36. The van der Waals surface area contributed by atoms with Crippen LogP contribution in [0.15, 0.2) is 24.3 Å². The van der Waals surface area contributed by atoms with Gasteiger partial charge in [0.1, 0.15) is 5.82 Å². The van der Waals surface area contributed by atoms with E-state index in [0.29, 0.717) is 0 Å². The lowest BCUT2D eigenvalue weighted by molar-refractivity contribution is 0.101. The van der Waals surface area contributed by atoms with E-state index in [9.17, 15) is 9.18 Å². The highest BCUT2D eigenvalue weighted by Crippen LogP contribution is 2.12. The van der Waals surface area contributed by atoms with Gasteiger partial charge in [0.15, 0.2) is 5.78 Å². The number of ketones is 1. The van der Waals surface area contributed by atoms with Crippen molar-refractivity contribution in [2.24, 2.45) is 0 Å². The summed E-state index contributed by atoms with van der Waals surface area (Å²) in [4.78, 5) is 11.1. The second kappa shape index (κ2) is 5.71. The van der Waals surface area contributed by atoms with Crippen LogP contribution in [0.25, 0.3) is 6.08 Å². The number of rotatable bonds is 4. The normalized spacial score (nSPS) is 10.9. The smallest absolute Gasteiger partial charge is 0.162 e. The predicted octanol–water partition coefficient (Wildman–Crippen LogP) is 3.36. The SMILES string of the molecule is CC(=O)c1cc(C=CCCS)ccc1F. The molecule has 0 fully saturated rings. The van der Waals surface area contributed by atoms with Crippen molar-refractivity contribution in [2.75, 3.05) is 5.75 Å². The number of thiol groups is 1. The quantitative estimate of drug-likeness (QED) is 0.613. The Bertz CT molecular complexity index is 385. The first-order valence-corrected chi connectivity index (χ1v) is 5.36. The first-order chi connectivity index (χ1) is 7.15. The first-order valence-electron chi connectivity index (χ1n) is 4.73. The number of allylic oxidation sites excluding steroid dienone is 1. The number of hydrogen-bond acceptors (Lipinski definition) is 2. The topological polar surface area (TPSA) is 17.1 Å². The van der Waals surface area contributed by atoms with Crippen molar-refractivity contribution in [2.45, 2.75) is 13.3 Å². The molecule has 0 aromatic heterocycles. The number of hydrogen-bond donors (Lipinski definition) is 1. The van der Waals surface area contributed by atoms with Crippen LogP contribution in [0, 0.1) is 5.82 Å². The van der Waals surface area contributed by atoms with Gasteiger partial charge < -0.3 is 0 Å². The molecule has 15 heavy (non-hydrogen) atoms. The molecule has 0 radical (unpaired) electrons. The van der Waals surface area contributed by atoms with Gasteiger partial charge in [-0.1, -0.05) is 18.2 Å². The fourth-order valence-corrected chi connectivity index (χ4v) is 1.36. The van der Waals surface area contributed by atoms with E-state index in [-0.39, 0.29) is 11.3 Å². The number of carbonyl (C=O) groups excluding carboxylic acids is 1. The zero-order valence-corrected chi connectivity index (χ0v) is 9.43. The maximum absolute atomic E-state index is 13.2. The maximum Gasteiger partial charge on any atom is 0.162 e. The van der Waals surface area contributed by atoms with E-state index in [0.717, 1.165) is 17.7 Å². The summed E-state index contributed by atoms with van der Waals surface area (Å²) in [7, 11) is 0.